The van der Waals surface area contributed by atoms with Crippen LogP contribution < -0.4 is 5.32 Å². The average molecular weight is 253 g/mol. The third-order valence-corrected chi connectivity index (χ3v) is 4.40. The molecule has 0 aromatic heterocycles. The molecule has 0 heterocycles. The summed E-state index contributed by atoms with van der Waals surface area (Å²) in [6.45, 7) is 8.32. The Balaban J connectivity index is 1.91. The van der Waals surface area contributed by atoms with Crippen molar-refractivity contribution >= 4 is 0 Å². The fraction of sp³-hybridized carbons (Fsp3) is 1.00. The van der Waals surface area contributed by atoms with Crippen molar-refractivity contribution in [3.8, 4) is 0 Å². The van der Waals surface area contributed by atoms with Crippen molar-refractivity contribution in [2.24, 2.45) is 11.8 Å². The first-order chi connectivity index (χ1) is 8.68. The first-order valence-electron chi connectivity index (χ1n) is 8.42. The van der Waals surface area contributed by atoms with E-state index in [0.29, 0.717) is 0 Å². The fourth-order valence-electron chi connectivity index (χ4n) is 3.03. The molecule has 0 bridgehead atoms. The van der Waals surface area contributed by atoms with Crippen LogP contribution in [0.3, 0.4) is 0 Å². The highest BCUT2D eigenvalue weighted by molar-refractivity contribution is 4.73. The zero-order chi connectivity index (χ0) is 13.2. The Morgan fingerprint density at radius 1 is 0.944 bits per heavy atom. The number of rotatable bonds is 8. The summed E-state index contributed by atoms with van der Waals surface area (Å²) in [6.07, 6.45) is 14.2. The second kappa shape index (κ2) is 9.83. The van der Waals surface area contributed by atoms with E-state index in [1.165, 1.54) is 70.8 Å². The van der Waals surface area contributed by atoms with E-state index < -0.39 is 0 Å². The van der Waals surface area contributed by atoms with Gasteiger partial charge in [0.15, 0.2) is 0 Å². The van der Waals surface area contributed by atoms with E-state index in [4.69, 9.17) is 0 Å². The van der Waals surface area contributed by atoms with Crippen LogP contribution in [-0.4, -0.2) is 12.6 Å². The molecular formula is C17H35N. The van der Waals surface area contributed by atoms with Crippen LogP contribution in [0.5, 0.6) is 0 Å². The lowest BCUT2D eigenvalue weighted by molar-refractivity contribution is 0.436. The Hall–Kier alpha value is -0.0400. The molecule has 1 rings (SSSR count). The second-order valence-electron chi connectivity index (χ2n) is 6.86. The van der Waals surface area contributed by atoms with Gasteiger partial charge in [-0.25, -0.2) is 0 Å². The van der Waals surface area contributed by atoms with E-state index in [1.54, 1.807) is 0 Å². The summed E-state index contributed by atoms with van der Waals surface area (Å²) >= 11 is 0. The predicted molar refractivity (Wildman–Crippen MR) is 82.0 cm³/mol. The summed E-state index contributed by atoms with van der Waals surface area (Å²) in [5.41, 5.74) is 0. The Bertz CT molecular complexity index is 188. The fourth-order valence-corrected chi connectivity index (χ4v) is 3.03. The highest BCUT2D eigenvalue weighted by Crippen LogP contribution is 2.22. The van der Waals surface area contributed by atoms with Gasteiger partial charge in [-0.1, -0.05) is 59.3 Å². The second-order valence-corrected chi connectivity index (χ2v) is 6.86. The van der Waals surface area contributed by atoms with Gasteiger partial charge >= 0.3 is 0 Å². The minimum atomic E-state index is 0.825. The van der Waals surface area contributed by atoms with Crippen molar-refractivity contribution in [2.75, 3.05) is 6.54 Å². The van der Waals surface area contributed by atoms with Gasteiger partial charge in [0.2, 0.25) is 0 Å². The molecule has 0 aromatic rings. The molecule has 0 spiro atoms. The predicted octanol–water partition coefficient (Wildman–Crippen LogP) is 5.15. The zero-order valence-corrected chi connectivity index (χ0v) is 13.0. The maximum atomic E-state index is 3.78. The van der Waals surface area contributed by atoms with E-state index in [2.05, 4.69) is 26.1 Å². The van der Waals surface area contributed by atoms with Crippen molar-refractivity contribution < 1.29 is 0 Å². The van der Waals surface area contributed by atoms with Crippen LogP contribution in [0.1, 0.15) is 85.0 Å². The van der Waals surface area contributed by atoms with Gasteiger partial charge in [0.1, 0.15) is 0 Å². The first-order valence-corrected chi connectivity index (χ1v) is 8.42. The Morgan fingerprint density at radius 2 is 1.72 bits per heavy atom. The monoisotopic (exact) mass is 253 g/mol. The first kappa shape index (κ1) is 16.0. The van der Waals surface area contributed by atoms with E-state index in [9.17, 15) is 0 Å². The lowest BCUT2D eigenvalue weighted by atomic mass is 10.0. The summed E-state index contributed by atoms with van der Waals surface area (Å²) in [6, 6.07) is 0.825. The van der Waals surface area contributed by atoms with Gasteiger partial charge in [0, 0.05) is 6.04 Å². The smallest absolute Gasteiger partial charge is 0.00671 e. The molecule has 1 heteroatoms. The minimum absolute atomic E-state index is 0.825. The maximum absolute atomic E-state index is 3.78. The SMILES string of the molecule is CC(C)CCCCCCNC1CCCC(C)CC1. The third-order valence-electron chi connectivity index (χ3n) is 4.40. The molecule has 1 fully saturated rings. The maximum Gasteiger partial charge on any atom is 0.00671 e. The highest BCUT2D eigenvalue weighted by Gasteiger charge is 2.14. The van der Waals surface area contributed by atoms with Crippen molar-refractivity contribution in [1.82, 2.24) is 5.32 Å². The summed E-state index contributed by atoms with van der Waals surface area (Å²) in [5, 5.41) is 3.78. The Morgan fingerprint density at radius 3 is 2.50 bits per heavy atom. The van der Waals surface area contributed by atoms with Crippen LogP contribution in [0.15, 0.2) is 0 Å². The van der Waals surface area contributed by atoms with Crippen LogP contribution in [0, 0.1) is 11.8 Å². The molecular weight excluding hydrogens is 218 g/mol. The van der Waals surface area contributed by atoms with Crippen molar-refractivity contribution in [3.63, 3.8) is 0 Å². The minimum Gasteiger partial charge on any atom is -0.314 e. The molecule has 108 valence electrons. The van der Waals surface area contributed by atoms with Crippen LogP contribution in [-0.2, 0) is 0 Å². The molecule has 2 atom stereocenters. The van der Waals surface area contributed by atoms with E-state index in [-0.39, 0.29) is 0 Å². The van der Waals surface area contributed by atoms with E-state index in [0.717, 1.165) is 17.9 Å². The summed E-state index contributed by atoms with van der Waals surface area (Å²) < 4.78 is 0. The van der Waals surface area contributed by atoms with Gasteiger partial charge in [0.25, 0.3) is 0 Å². The molecule has 0 aliphatic heterocycles. The summed E-state index contributed by atoms with van der Waals surface area (Å²) in [5.74, 6) is 1.85. The highest BCUT2D eigenvalue weighted by atomic mass is 14.9. The van der Waals surface area contributed by atoms with E-state index in [1.807, 2.05) is 0 Å². The molecule has 0 aromatic carbocycles. The van der Waals surface area contributed by atoms with Gasteiger partial charge in [0.05, 0.1) is 0 Å². The molecule has 1 aliphatic carbocycles. The van der Waals surface area contributed by atoms with Crippen molar-refractivity contribution in [2.45, 2.75) is 91.0 Å². The molecule has 1 saturated carbocycles. The molecule has 18 heavy (non-hydrogen) atoms. The number of hydrogen-bond acceptors (Lipinski definition) is 1. The van der Waals surface area contributed by atoms with Crippen molar-refractivity contribution in [1.29, 1.82) is 0 Å². The molecule has 0 radical (unpaired) electrons. The lowest BCUT2D eigenvalue weighted by Crippen LogP contribution is -2.29. The van der Waals surface area contributed by atoms with Crippen LogP contribution in [0.4, 0.5) is 0 Å². The van der Waals surface area contributed by atoms with Gasteiger partial charge in [-0.05, 0) is 44.1 Å². The number of nitrogens with one attached hydrogen (secondary N) is 1. The molecule has 2 unspecified atom stereocenters. The number of hydrogen-bond donors (Lipinski definition) is 1. The average Bonchev–Trinajstić information content (AvgIpc) is 2.53. The van der Waals surface area contributed by atoms with E-state index >= 15 is 0 Å². The standard InChI is InChI=1S/C17H35N/c1-15(2)9-6-4-5-7-14-18-17-11-8-10-16(3)12-13-17/h15-18H,4-14H2,1-3H3. The third kappa shape index (κ3) is 8.13. The molecule has 1 nitrogen and oxygen atoms in total. The van der Waals surface area contributed by atoms with Crippen LogP contribution in [0.2, 0.25) is 0 Å². The van der Waals surface area contributed by atoms with Gasteiger partial charge in [-0.15, -0.1) is 0 Å². The summed E-state index contributed by atoms with van der Waals surface area (Å²) in [4.78, 5) is 0. The Kier molecular flexibility index (Phi) is 8.75. The van der Waals surface area contributed by atoms with Gasteiger partial charge in [-0.2, -0.15) is 0 Å². The normalized spacial score (nSPS) is 25.3. The van der Waals surface area contributed by atoms with Crippen LogP contribution >= 0.6 is 0 Å². The quantitative estimate of drug-likeness (QED) is 0.466. The molecule has 0 amide bonds. The van der Waals surface area contributed by atoms with Gasteiger partial charge < -0.3 is 5.32 Å². The largest absolute Gasteiger partial charge is 0.314 e. The Labute approximate surface area is 115 Å². The number of unbranched alkanes of at least 4 members (excludes halogenated alkanes) is 3. The summed E-state index contributed by atoms with van der Waals surface area (Å²) in [7, 11) is 0. The molecule has 0 saturated heterocycles. The molecule has 1 aliphatic rings. The topological polar surface area (TPSA) is 12.0 Å². The zero-order valence-electron chi connectivity index (χ0n) is 13.0. The lowest BCUT2D eigenvalue weighted by Gasteiger charge is -2.16. The van der Waals surface area contributed by atoms with Crippen LogP contribution in [0.25, 0.3) is 0 Å². The van der Waals surface area contributed by atoms with Crippen molar-refractivity contribution in [3.05, 3.63) is 0 Å². The van der Waals surface area contributed by atoms with Gasteiger partial charge in [-0.3, -0.25) is 0 Å². The molecule has 1 N–H and O–H groups in total.